The molecule has 1 aromatic carbocycles. The molecule has 0 unspecified atom stereocenters. The first kappa shape index (κ1) is 5.00. The highest BCUT2D eigenvalue weighted by Gasteiger charge is 2.07. The summed E-state index contributed by atoms with van der Waals surface area (Å²) >= 11 is 0. The largest absolute Gasteiger partial charge is 0.292 e. The molecule has 1 heteroatoms. The van der Waals surface area contributed by atoms with Crippen molar-refractivity contribution in [2.75, 3.05) is 13.5 Å². The number of nitrogens with zero attached hydrogens (tertiary/aromatic N) is 1. The number of hydrogen-bond donors (Lipinski definition) is 0. The van der Waals surface area contributed by atoms with Crippen LogP contribution in [0.25, 0.3) is 0 Å². The minimum atomic E-state index is -2.62. The fraction of sp³-hybridized carbons (Fsp3) is 0.385. The normalized spacial score (nSPS) is 20.1. The fourth-order valence-electron chi connectivity index (χ4n) is 1.22. The maximum absolute atomic E-state index is 7.77. The van der Waals surface area contributed by atoms with Crippen molar-refractivity contribution in [2.24, 2.45) is 0 Å². The summed E-state index contributed by atoms with van der Waals surface area (Å²) in [5.74, 6) is 2.01. The molecule has 0 bridgehead atoms. The molecule has 0 spiro atoms. The predicted octanol–water partition coefficient (Wildman–Crippen LogP) is 2.18. The Bertz CT molecular complexity index is 485. The third-order valence-electron chi connectivity index (χ3n) is 1.99. The molecule has 0 heterocycles. The van der Waals surface area contributed by atoms with Gasteiger partial charge in [-0.3, -0.25) is 4.90 Å². The van der Waals surface area contributed by atoms with Crippen molar-refractivity contribution >= 4 is 0 Å². The summed E-state index contributed by atoms with van der Waals surface area (Å²) in [6, 6.07) is 8.70. The second-order valence-electron chi connectivity index (χ2n) is 3.15. The number of rotatable bonds is 4. The molecule has 0 radical (unpaired) electrons. The van der Waals surface area contributed by atoms with Crippen molar-refractivity contribution in [3.63, 3.8) is 0 Å². The molecule has 0 aliphatic heterocycles. The van der Waals surface area contributed by atoms with Gasteiger partial charge in [0.05, 0.1) is 9.24 Å². The molecule has 0 saturated carbocycles. The molecule has 0 saturated heterocycles. The molecular formula is C13H17N. The molecule has 1 nitrogen and oxygen atoms in total. The van der Waals surface area contributed by atoms with Crippen molar-refractivity contribution in [2.45, 2.75) is 19.4 Å². The van der Waals surface area contributed by atoms with Gasteiger partial charge in [-0.25, -0.2) is 0 Å². The van der Waals surface area contributed by atoms with Crippen LogP contribution in [0.2, 0.25) is 0 Å². The van der Waals surface area contributed by atoms with Crippen LogP contribution in [-0.4, -0.2) is 24.4 Å². The Morgan fingerprint density at radius 2 is 2.43 bits per heavy atom. The molecule has 14 heavy (non-hydrogen) atoms. The monoisotopic (exact) mass is 193 g/mol. The van der Waals surface area contributed by atoms with E-state index in [4.69, 9.17) is 8.22 Å². The first-order valence-electron chi connectivity index (χ1n) is 7.46. The van der Waals surface area contributed by atoms with Gasteiger partial charge in [0.2, 0.25) is 0 Å². The van der Waals surface area contributed by atoms with Crippen LogP contribution in [-0.2, 0) is 6.42 Å². The van der Waals surface area contributed by atoms with Gasteiger partial charge in [0, 0.05) is 10.2 Å². The van der Waals surface area contributed by atoms with Crippen molar-refractivity contribution in [3.8, 4) is 12.3 Å². The van der Waals surface area contributed by atoms with E-state index in [9.17, 15) is 0 Å². The minimum Gasteiger partial charge on any atom is -0.292 e. The molecule has 1 rings (SSSR count). The molecule has 0 fully saturated rings. The Morgan fingerprint density at radius 1 is 1.64 bits per heavy atom. The van der Waals surface area contributed by atoms with Gasteiger partial charge in [-0.05, 0) is 25.9 Å². The number of benzene rings is 1. The number of hydrogen-bond acceptors (Lipinski definition) is 1. The zero-order valence-corrected chi connectivity index (χ0v) is 8.12. The summed E-state index contributed by atoms with van der Waals surface area (Å²) in [5.41, 5.74) is 0.920. The van der Waals surface area contributed by atoms with E-state index in [1.807, 2.05) is 36.3 Å². The van der Waals surface area contributed by atoms with Crippen molar-refractivity contribution in [1.82, 2.24) is 4.90 Å². The molecule has 1 atom stereocenters. The van der Waals surface area contributed by atoms with E-state index in [-0.39, 0.29) is 0 Å². The molecule has 0 amide bonds. The van der Waals surface area contributed by atoms with Crippen LogP contribution in [0.15, 0.2) is 30.3 Å². The average molecular weight is 193 g/mol. The summed E-state index contributed by atoms with van der Waals surface area (Å²) < 4.78 is 44.9. The minimum absolute atomic E-state index is 0.387. The van der Waals surface area contributed by atoms with Gasteiger partial charge in [-0.1, -0.05) is 36.3 Å². The van der Waals surface area contributed by atoms with E-state index in [0.29, 0.717) is 6.42 Å². The van der Waals surface area contributed by atoms with Crippen LogP contribution >= 0.6 is 0 Å². The zero-order chi connectivity index (χ0) is 15.4. The van der Waals surface area contributed by atoms with Crippen molar-refractivity contribution < 1.29 is 8.22 Å². The lowest BCUT2D eigenvalue weighted by molar-refractivity contribution is 0.287. The van der Waals surface area contributed by atoms with E-state index in [0.717, 1.165) is 10.5 Å². The maximum Gasteiger partial charge on any atom is 0.124 e. The van der Waals surface area contributed by atoms with E-state index in [2.05, 4.69) is 0 Å². The second-order valence-corrected chi connectivity index (χ2v) is 3.15. The van der Waals surface area contributed by atoms with Gasteiger partial charge < -0.3 is 0 Å². The topological polar surface area (TPSA) is 3.24 Å². The Kier molecular flexibility index (Phi) is 1.95. The summed E-state index contributed by atoms with van der Waals surface area (Å²) in [4.78, 5) is 0.745. The van der Waals surface area contributed by atoms with Crippen LogP contribution < -0.4 is 0 Å². The first-order valence-corrected chi connectivity index (χ1v) is 4.46. The van der Waals surface area contributed by atoms with Gasteiger partial charge in [-0.15, -0.1) is 6.40 Å². The molecular weight excluding hydrogens is 170 g/mol. The highest BCUT2D eigenvalue weighted by molar-refractivity contribution is 5.15. The lowest BCUT2D eigenvalue weighted by Gasteiger charge is -2.22. The van der Waals surface area contributed by atoms with Crippen LogP contribution in [0.4, 0.5) is 0 Å². The lowest BCUT2D eigenvalue weighted by Crippen LogP contribution is -2.31. The second kappa shape index (κ2) is 5.47. The molecule has 0 N–H and O–H groups in total. The molecule has 0 aromatic heterocycles. The highest BCUT2D eigenvalue weighted by Crippen LogP contribution is 2.06. The molecule has 74 valence electrons. The zero-order valence-electron chi connectivity index (χ0n) is 14.1. The van der Waals surface area contributed by atoms with Crippen LogP contribution in [0.3, 0.4) is 0 Å². The highest BCUT2D eigenvalue weighted by atomic mass is 15.1. The first-order chi connectivity index (χ1) is 9.18. The lowest BCUT2D eigenvalue weighted by atomic mass is 10.1. The van der Waals surface area contributed by atoms with E-state index in [1.165, 1.54) is 0 Å². The van der Waals surface area contributed by atoms with Crippen LogP contribution in [0, 0.1) is 12.3 Å². The van der Waals surface area contributed by atoms with Crippen molar-refractivity contribution in [1.29, 1.82) is 0 Å². The van der Waals surface area contributed by atoms with E-state index in [1.54, 1.807) is 13.3 Å². The van der Waals surface area contributed by atoms with E-state index < -0.39 is 19.5 Å². The van der Waals surface area contributed by atoms with E-state index >= 15 is 0 Å². The van der Waals surface area contributed by atoms with Gasteiger partial charge in [0.15, 0.2) is 0 Å². The molecule has 0 aliphatic rings. The number of likely N-dealkylation sites (N-methyl/N-ethyl adjacent to an activating group) is 1. The Morgan fingerprint density at radius 3 is 3.07 bits per heavy atom. The third kappa shape index (κ3) is 3.24. The molecule has 0 aliphatic carbocycles. The van der Waals surface area contributed by atoms with Gasteiger partial charge in [0.25, 0.3) is 0 Å². The quantitative estimate of drug-likeness (QED) is 0.663. The van der Waals surface area contributed by atoms with Crippen LogP contribution in [0.1, 0.15) is 20.7 Å². The Hall–Kier alpha value is -1.26. The summed E-state index contributed by atoms with van der Waals surface area (Å²) in [7, 11) is 0. The summed E-state index contributed by atoms with van der Waals surface area (Å²) in [5, 5.41) is 0. The smallest absolute Gasteiger partial charge is 0.124 e. The SMILES string of the molecule is [2H]C#CC([2H])([2H])N([C@H](C)Cc1ccccc1)C([2H])([2H])[2H]. The summed E-state index contributed by atoms with van der Waals surface area (Å²) in [6.45, 7) is -3.36. The number of terminal acetylenes is 1. The molecule has 1 aromatic rings. The van der Waals surface area contributed by atoms with Gasteiger partial charge >= 0.3 is 0 Å². The maximum atomic E-state index is 7.77. The third-order valence-corrected chi connectivity index (χ3v) is 1.99. The summed E-state index contributed by atoms with van der Waals surface area (Å²) in [6.07, 6.45) is 2.10. The van der Waals surface area contributed by atoms with Crippen molar-refractivity contribution in [3.05, 3.63) is 35.9 Å². The average Bonchev–Trinajstić information content (AvgIpc) is 2.27. The van der Waals surface area contributed by atoms with Gasteiger partial charge in [0.1, 0.15) is 1.37 Å². The predicted molar refractivity (Wildman–Crippen MR) is 61.1 cm³/mol. The fourth-order valence-corrected chi connectivity index (χ4v) is 1.22. The van der Waals surface area contributed by atoms with Crippen LogP contribution in [0.5, 0.6) is 0 Å². The Balaban J connectivity index is 3.02. The standard InChI is InChI=1S/C13H17N/c1-4-10-14(3)12(2)11-13-8-6-5-7-9-13/h1,5-9,12H,10-11H2,2-3H3/t12-/m1/s1/i1D,3D3,10D2. The van der Waals surface area contributed by atoms with Gasteiger partial charge in [-0.2, -0.15) is 0 Å². The Labute approximate surface area is 95.2 Å².